The van der Waals surface area contributed by atoms with E-state index < -0.39 is 0 Å². The third kappa shape index (κ3) is 3.92. The molecular weight excluding hydrogens is 354 g/mol. The maximum Gasteiger partial charge on any atom is 0.226 e. The summed E-state index contributed by atoms with van der Waals surface area (Å²) in [7, 11) is 0. The first kappa shape index (κ1) is 19.3. The lowest BCUT2D eigenvalue weighted by atomic mass is 9.49. The quantitative estimate of drug-likeness (QED) is 0.625. The number of halogens is 1. The minimum atomic E-state index is -0.188. The maximum absolute atomic E-state index is 13.2. The molecule has 4 bridgehead atoms. The summed E-state index contributed by atoms with van der Waals surface area (Å²) in [6.07, 6.45) is 7.67. The summed E-state index contributed by atoms with van der Waals surface area (Å²) in [6.45, 7) is 7.43. The van der Waals surface area contributed by atoms with Crippen LogP contribution in [0.3, 0.4) is 0 Å². The minimum Gasteiger partial charge on any atom is -0.355 e. The van der Waals surface area contributed by atoms with Gasteiger partial charge in [-0.25, -0.2) is 0 Å². The highest BCUT2D eigenvalue weighted by molar-refractivity contribution is 6.24. The predicted octanol–water partition coefficient (Wildman–Crippen LogP) is 5.68. The number of nitrogens with one attached hydrogen (secondary N) is 1. The molecule has 148 valence electrons. The molecule has 0 saturated heterocycles. The van der Waals surface area contributed by atoms with E-state index in [1.54, 1.807) is 0 Å². The van der Waals surface area contributed by atoms with Gasteiger partial charge in [0.25, 0.3) is 0 Å². The van der Waals surface area contributed by atoms with Crippen molar-refractivity contribution < 1.29 is 4.79 Å². The average molecular weight is 388 g/mol. The van der Waals surface area contributed by atoms with Crippen molar-refractivity contribution in [2.24, 2.45) is 23.2 Å². The molecule has 0 aromatic heterocycles. The molecule has 4 saturated carbocycles. The molecule has 1 amide bonds. The van der Waals surface area contributed by atoms with Crippen LogP contribution in [0.4, 0.5) is 0 Å². The second-order valence-corrected chi connectivity index (χ2v) is 11.1. The number of hydrogen-bond acceptors (Lipinski definition) is 1. The zero-order valence-corrected chi connectivity index (χ0v) is 17.8. The van der Waals surface area contributed by atoms with Crippen LogP contribution in [0.15, 0.2) is 24.3 Å². The minimum absolute atomic E-state index is 0.0979. The monoisotopic (exact) mass is 387 g/mol. The SMILES string of the molecule is CC(C)Cc1ccc([C@@H](C)CNC(=O)C23C[C@H]4C[C@@H](CC(Cl)(C4)C2)C3)cc1. The van der Waals surface area contributed by atoms with Gasteiger partial charge in [-0.15, -0.1) is 11.6 Å². The number of carbonyl (C=O) groups is 1. The third-order valence-electron chi connectivity index (χ3n) is 7.23. The largest absolute Gasteiger partial charge is 0.355 e. The molecule has 0 spiro atoms. The van der Waals surface area contributed by atoms with Crippen LogP contribution < -0.4 is 5.32 Å². The Morgan fingerprint density at radius 3 is 2.30 bits per heavy atom. The molecule has 0 heterocycles. The fourth-order valence-corrected chi connectivity index (χ4v) is 7.11. The highest BCUT2D eigenvalue weighted by atomic mass is 35.5. The second-order valence-electron chi connectivity index (χ2n) is 10.3. The van der Waals surface area contributed by atoms with Crippen LogP contribution in [0.5, 0.6) is 0 Å². The van der Waals surface area contributed by atoms with E-state index in [-0.39, 0.29) is 16.2 Å². The van der Waals surface area contributed by atoms with Crippen LogP contribution in [-0.2, 0) is 11.2 Å². The highest BCUT2D eigenvalue weighted by Gasteiger charge is 2.59. The van der Waals surface area contributed by atoms with Gasteiger partial charge >= 0.3 is 0 Å². The molecule has 5 rings (SSSR count). The van der Waals surface area contributed by atoms with E-state index in [0.717, 1.165) is 38.5 Å². The number of amides is 1. The van der Waals surface area contributed by atoms with Crippen molar-refractivity contribution in [1.29, 1.82) is 0 Å². The summed E-state index contributed by atoms with van der Waals surface area (Å²) < 4.78 is 0. The second kappa shape index (κ2) is 7.10. The number of hydrogen-bond donors (Lipinski definition) is 1. The molecule has 0 aliphatic heterocycles. The lowest BCUT2D eigenvalue weighted by Crippen LogP contribution is -2.58. The number of rotatable bonds is 6. The van der Waals surface area contributed by atoms with Crippen LogP contribution in [0.25, 0.3) is 0 Å². The van der Waals surface area contributed by atoms with E-state index >= 15 is 0 Å². The Morgan fingerprint density at radius 1 is 1.11 bits per heavy atom. The van der Waals surface area contributed by atoms with Gasteiger partial charge in [-0.3, -0.25) is 4.79 Å². The molecule has 4 aliphatic carbocycles. The van der Waals surface area contributed by atoms with Crippen LogP contribution in [0, 0.1) is 23.2 Å². The molecule has 0 radical (unpaired) electrons. The van der Waals surface area contributed by atoms with Gasteiger partial charge in [0.15, 0.2) is 0 Å². The van der Waals surface area contributed by atoms with Crippen LogP contribution in [-0.4, -0.2) is 17.3 Å². The fraction of sp³-hybridized carbons (Fsp3) is 0.708. The van der Waals surface area contributed by atoms with Crippen LogP contribution in [0.1, 0.15) is 76.3 Å². The van der Waals surface area contributed by atoms with Crippen molar-refractivity contribution in [2.75, 3.05) is 6.54 Å². The molecule has 27 heavy (non-hydrogen) atoms. The third-order valence-corrected chi connectivity index (χ3v) is 7.68. The maximum atomic E-state index is 13.2. The zero-order chi connectivity index (χ0) is 19.2. The van der Waals surface area contributed by atoms with E-state index in [4.69, 9.17) is 11.6 Å². The predicted molar refractivity (Wildman–Crippen MR) is 112 cm³/mol. The number of benzene rings is 1. The Bertz CT molecular complexity index is 681. The normalized spacial score (nSPS) is 35.4. The molecule has 0 unspecified atom stereocenters. The summed E-state index contributed by atoms with van der Waals surface area (Å²) in [5, 5.41) is 3.30. The van der Waals surface area contributed by atoms with Gasteiger partial charge in [-0.2, -0.15) is 0 Å². The molecule has 3 atom stereocenters. The molecule has 2 nitrogen and oxygen atoms in total. The Morgan fingerprint density at radius 2 is 1.74 bits per heavy atom. The van der Waals surface area contributed by atoms with Crippen molar-refractivity contribution in [3.8, 4) is 0 Å². The van der Waals surface area contributed by atoms with Crippen molar-refractivity contribution in [3.63, 3.8) is 0 Å². The lowest BCUT2D eigenvalue weighted by molar-refractivity contribution is -0.144. The molecule has 1 aromatic carbocycles. The van der Waals surface area contributed by atoms with E-state index in [0.29, 0.717) is 30.2 Å². The van der Waals surface area contributed by atoms with Gasteiger partial charge in [0, 0.05) is 11.4 Å². The summed E-state index contributed by atoms with van der Waals surface area (Å²) in [5.41, 5.74) is 2.51. The Hall–Kier alpha value is -1.02. The number of alkyl halides is 1. The van der Waals surface area contributed by atoms with Crippen molar-refractivity contribution in [2.45, 2.75) is 76.5 Å². The Labute approximate surface area is 169 Å². The van der Waals surface area contributed by atoms with Gasteiger partial charge in [0.1, 0.15) is 0 Å². The van der Waals surface area contributed by atoms with Crippen LogP contribution in [0.2, 0.25) is 0 Å². The van der Waals surface area contributed by atoms with Gasteiger partial charge in [0.05, 0.1) is 5.41 Å². The van der Waals surface area contributed by atoms with E-state index in [2.05, 4.69) is 50.4 Å². The van der Waals surface area contributed by atoms with Gasteiger partial charge in [-0.05, 0) is 79.7 Å². The smallest absolute Gasteiger partial charge is 0.226 e. The summed E-state index contributed by atoms with van der Waals surface area (Å²) in [5.74, 6) is 2.62. The van der Waals surface area contributed by atoms with E-state index in [1.807, 2.05) is 0 Å². The average Bonchev–Trinajstić information content (AvgIpc) is 2.57. The van der Waals surface area contributed by atoms with Gasteiger partial charge in [-0.1, -0.05) is 45.0 Å². The van der Waals surface area contributed by atoms with Gasteiger partial charge in [0.2, 0.25) is 5.91 Å². The molecule has 1 aromatic rings. The number of carbonyl (C=O) groups excluding carboxylic acids is 1. The summed E-state index contributed by atoms with van der Waals surface area (Å²) in [4.78, 5) is 13.1. The Balaban J connectivity index is 1.36. The molecule has 3 heteroatoms. The van der Waals surface area contributed by atoms with E-state index in [9.17, 15) is 4.79 Å². The van der Waals surface area contributed by atoms with Crippen molar-refractivity contribution in [1.82, 2.24) is 5.32 Å². The van der Waals surface area contributed by atoms with Gasteiger partial charge < -0.3 is 5.32 Å². The zero-order valence-electron chi connectivity index (χ0n) is 17.1. The summed E-state index contributed by atoms with van der Waals surface area (Å²) >= 11 is 6.89. The van der Waals surface area contributed by atoms with Crippen molar-refractivity contribution >= 4 is 17.5 Å². The van der Waals surface area contributed by atoms with E-state index in [1.165, 1.54) is 17.5 Å². The molecule has 4 fully saturated rings. The molecular formula is C24H34ClNO. The standard InChI is InChI=1S/C24H34ClNO/c1-16(2)8-18-4-6-21(7-5-18)17(3)14-26-22(27)23-10-19-9-20(11-23)13-24(25,12-19)15-23/h4-7,16-17,19-20H,8-15H2,1-3H3,(H,26,27)/t17-,19+,20+,23?,24?/m0/s1. The first-order valence-corrected chi connectivity index (χ1v) is 11.2. The Kier molecular flexibility index (Phi) is 5.08. The topological polar surface area (TPSA) is 29.1 Å². The van der Waals surface area contributed by atoms with Crippen molar-refractivity contribution in [3.05, 3.63) is 35.4 Å². The highest BCUT2D eigenvalue weighted by Crippen LogP contribution is 2.63. The lowest BCUT2D eigenvalue weighted by Gasteiger charge is -2.59. The first-order valence-electron chi connectivity index (χ1n) is 10.8. The first-order chi connectivity index (χ1) is 12.8. The molecule has 1 N–H and O–H groups in total. The fourth-order valence-electron chi connectivity index (χ4n) is 6.42. The summed E-state index contributed by atoms with van der Waals surface area (Å²) in [6, 6.07) is 8.94. The molecule has 4 aliphatic rings. The van der Waals surface area contributed by atoms with Crippen LogP contribution >= 0.6 is 11.6 Å².